The Bertz CT molecular complexity index is 729. The summed E-state index contributed by atoms with van der Waals surface area (Å²) in [6, 6.07) is 8.63. The maximum Gasteiger partial charge on any atom is 0.350 e. The Balaban J connectivity index is 2.20. The summed E-state index contributed by atoms with van der Waals surface area (Å²) < 4.78 is 15.2. The lowest BCUT2D eigenvalue weighted by molar-refractivity contribution is -0.192. The first kappa shape index (κ1) is 17.1. The van der Waals surface area contributed by atoms with E-state index in [1.807, 2.05) is 0 Å². The van der Waals surface area contributed by atoms with E-state index in [9.17, 15) is 19.2 Å². The van der Waals surface area contributed by atoms with Crippen LogP contribution in [0, 0.1) is 11.8 Å². The van der Waals surface area contributed by atoms with E-state index in [0.29, 0.717) is 5.56 Å². The maximum atomic E-state index is 12.6. The van der Waals surface area contributed by atoms with Gasteiger partial charge in [0.05, 0.1) is 26.2 Å². The Morgan fingerprint density at radius 3 is 2.12 bits per heavy atom. The Kier molecular flexibility index (Phi) is 4.08. The number of rotatable bonds is 3. The lowest BCUT2D eigenvalue weighted by atomic mass is 9.79. The van der Waals surface area contributed by atoms with Crippen molar-refractivity contribution >= 4 is 23.8 Å². The average molecular weight is 347 g/mol. The van der Waals surface area contributed by atoms with Gasteiger partial charge in [-0.2, -0.15) is 0 Å². The zero-order valence-corrected chi connectivity index (χ0v) is 13.9. The van der Waals surface area contributed by atoms with Crippen molar-refractivity contribution in [2.75, 3.05) is 21.3 Å². The van der Waals surface area contributed by atoms with Crippen LogP contribution in [0.1, 0.15) is 11.7 Å². The van der Waals surface area contributed by atoms with Crippen LogP contribution in [0.25, 0.3) is 0 Å². The predicted molar refractivity (Wildman–Crippen MR) is 81.8 cm³/mol. The van der Waals surface area contributed by atoms with Crippen molar-refractivity contribution in [3.05, 3.63) is 35.9 Å². The topological polar surface area (TPSA) is 99.2 Å². The SMILES string of the molecule is COC(=O)C1(C(=O)OC)O[C@@H](c2ccccc2)[C@@H]2C(=O)N(C)C(=O)[C@H]21. The molecule has 0 radical (unpaired) electrons. The Labute approximate surface area is 143 Å². The fourth-order valence-electron chi connectivity index (χ4n) is 3.57. The number of likely N-dealkylation sites (tertiary alicyclic amines) is 1. The van der Waals surface area contributed by atoms with Crippen LogP contribution in [0.2, 0.25) is 0 Å². The number of fused-ring (bicyclic) bond motifs is 1. The van der Waals surface area contributed by atoms with Crippen molar-refractivity contribution in [2.45, 2.75) is 11.7 Å². The van der Waals surface area contributed by atoms with Gasteiger partial charge in [-0.3, -0.25) is 14.5 Å². The fourth-order valence-corrected chi connectivity index (χ4v) is 3.57. The molecule has 2 aliphatic rings. The third-order valence-electron chi connectivity index (χ3n) is 4.75. The van der Waals surface area contributed by atoms with Crippen LogP contribution in [-0.4, -0.2) is 55.5 Å². The number of benzene rings is 1. The van der Waals surface area contributed by atoms with Crippen molar-refractivity contribution in [1.82, 2.24) is 4.90 Å². The maximum absolute atomic E-state index is 12.6. The molecule has 2 heterocycles. The molecule has 0 aliphatic carbocycles. The van der Waals surface area contributed by atoms with Crippen molar-refractivity contribution in [3.63, 3.8) is 0 Å². The van der Waals surface area contributed by atoms with E-state index in [1.54, 1.807) is 30.3 Å². The average Bonchev–Trinajstić information content (AvgIpc) is 3.12. The molecule has 132 valence electrons. The number of carbonyl (C=O) groups is 4. The van der Waals surface area contributed by atoms with Gasteiger partial charge in [-0.1, -0.05) is 30.3 Å². The van der Waals surface area contributed by atoms with Gasteiger partial charge in [0.15, 0.2) is 0 Å². The summed E-state index contributed by atoms with van der Waals surface area (Å²) in [5.41, 5.74) is -1.74. The van der Waals surface area contributed by atoms with Crippen LogP contribution >= 0.6 is 0 Å². The smallest absolute Gasteiger partial charge is 0.350 e. The van der Waals surface area contributed by atoms with E-state index in [-0.39, 0.29) is 0 Å². The van der Waals surface area contributed by atoms with Gasteiger partial charge >= 0.3 is 11.9 Å². The van der Waals surface area contributed by atoms with E-state index in [0.717, 1.165) is 19.1 Å². The lowest BCUT2D eigenvalue weighted by Crippen LogP contribution is -2.55. The van der Waals surface area contributed by atoms with Crippen LogP contribution in [-0.2, 0) is 33.4 Å². The predicted octanol–water partition coefficient (Wildman–Crippen LogP) is 0.0737. The van der Waals surface area contributed by atoms with Gasteiger partial charge in [-0.15, -0.1) is 0 Å². The zero-order chi connectivity index (χ0) is 18.4. The van der Waals surface area contributed by atoms with Crippen LogP contribution in [0.4, 0.5) is 0 Å². The fraction of sp³-hybridized carbons (Fsp3) is 0.412. The second kappa shape index (κ2) is 5.96. The second-order valence-electron chi connectivity index (χ2n) is 5.91. The molecule has 2 aliphatic heterocycles. The van der Waals surface area contributed by atoms with Crippen molar-refractivity contribution in [3.8, 4) is 0 Å². The van der Waals surface area contributed by atoms with Gasteiger partial charge in [0, 0.05) is 7.05 Å². The van der Waals surface area contributed by atoms with Crippen LogP contribution in [0.3, 0.4) is 0 Å². The highest BCUT2D eigenvalue weighted by atomic mass is 16.6. The molecule has 2 saturated heterocycles. The van der Waals surface area contributed by atoms with E-state index < -0.39 is 47.3 Å². The molecule has 8 heteroatoms. The standard InChI is InChI=1S/C17H17NO7/c1-18-13(19)10-11(14(18)20)17(15(21)23-2,16(22)24-3)25-12(10)9-7-5-4-6-8-9/h4-8,10-12H,1-3H3/t10-,11+,12+/m1/s1. The molecule has 0 spiro atoms. The molecule has 2 amide bonds. The molecule has 0 N–H and O–H groups in total. The summed E-state index contributed by atoms with van der Waals surface area (Å²) in [7, 11) is 3.46. The van der Waals surface area contributed by atoms with E-state index >= 15 is 0 Å². The van der Waals surface area contributed by atoms with Gasteiger partial charge in [0.2, 0.25) is 11.8 Å². The van der Waals surface area contributed by atoms with Crippen molar-refractivity contribution in [2.24, 2.45) is 11.8 Å². The number of esters is 2. The largest absolute Gasteiger partial charge is 0.466 e. The summed E-state index contributed by atoms with van der Waals surface area (Å²) in [5, 5.41) is 0. The molecular weight excluding hydrogens is 330 g/mol. The number of nitrogens with zero attached hydrogens (tertiary/aromatic N) is 1. The Morgan fingerprint density at radius 1 is 1.04 bits per heavy atom. The summed E-state index contributed by atoms with van der Waals surface area (Å²) in [5.74, 6) is -5.68. The molecule has 0 bridgehead atoms. The number of hydrogen-bond acceptors (Lipinski definition) is 7. The van der Waals surface area contributed by atoms with E-state index in [1.165, 1.54) is 7.05 Å². The van der Waals surface area contributed by atoms with Crippen molar-refractivity contribution < 1.29 is 33.4 Å². The van der Waals surface area contributed by atoms with Crippen LogP contribution < -0.4 is 0 Å². The summed E-state index contributed by atoms with van der Waals surface area (Å²) >= 11 is 0. The number of methoxy groups -OCH3 is 2. The first-order chi connectivity index (χ1) is 11.9. The van der Waals surface area contributed by atoms with Crippen LogP contribution in [0.15, 0.2) is 30.3 Å². The normalized spacial score (nSPS) is 27.2. The lowest BCUT2D eigenvalue weighted by Gasteiger charge is -2.28. The molecule has 8 nitrogen and oxygen atoms in total. The summed E-state index contributed by atoms with van der Waals surface area (Å²) in [6.07, 6.45) is -0.953. The monoisotopic (exact) mass is 347 g/mol. The third-order valence-corrected chi connectivity index (χ3v) is 4.75. The highest BCUT2D eigenvalue weighted by Crippen LogP contribution is 2.53. The van der Waals surface area contributed by atoms with E-state index in [2.05, 4.69) is 0 Å². The minimum absolute atomic E-state index is 0.515. The minimum atomic E-state index is -2.31. The van der Waals surface area contributed by atoms with Gasteiger partial charge in [0.25, 0.3) is 5.60 Å². The molecule has 1 aromatic rings. The van der Waals surface area contributed by atoms with E-state index in [4.69, 9.17) is 14.2 Å². The first-order valence-electron chi connectivity index (χ1n) is 7.61. The Hall–Kier alpha value is -2.74. The molecule has 0 unspecified atom stereocenters. The molecular formula is C17H17NO7. The number of ether oxygens (including phenoxy) is 3. The molecule has 3 rings (SSSR count). The molecule has 25 heavy (non-hydrogen) atoms. The highest BCUT2D eigenvalue weighted by molar-refractivity contribution is 6.15. The van der Waals surface area contributed by atoms with Gasteiger partial charge < -0.3 is 14.2 Å². The highest BCUT2D eigenvalue weighted by Gasteiger charge is 2.74. The summed E-state index contributed by atoms with van der Waals surface area (Å²) in [6.45, 7) is 0. The summed E-state index contributed by atoms with van der Waals surface area (Å²) in [4.78, 5) is 51.1. The number of carbonyl (C=O) groups excluding carboxylic acids is 4. The van der Waals surface area contributed by atoms with Crippen LogP contribution in [0.5, 0.6) is 0 Å². The quantitative estimate of drug-likeness (QED) is 0.433. The third kappa shape index (κ3) is 2.17. The van der Waals surface area contributed by atoms with Crippen molar-refractivity contribution in [1.29, 1.82) is 0 Å². The Morgan fingerprint density at radius 2 is 1.60 bits per heavy atom. The molecule has 1 aromatic carbocycles. The number of hydrogen-bond donors (Lipinski definition) is 0. The van der Waals surface area contributed by atoms with Gasteiger partial charge in [0.1, 0.15) is 5.92 Å². The second-order valence-corrected chi connectivity index (χ2v) is 5.91. The first-order valence-corrected chi connectivity index (χ1v) is 7.61. The molecule has 2 fully saturated rings. The molecule has 3 atom stereocenters. The zero-order valence-electron chi connectivity index (χ0n) is 13.9. The molecule has 0 aromatic heterocycles. The number of imide groups is 1. The number of amides is 2. The minimum Gasteiger partial charge on any atom is -0.466 e. The molecule has 0 saturated carbocycles. The van der Waals surface area contributed by atoms with Gasteiger partial charge in [-0.25, -0.2) is 9.59 Å². The van der Waals surface area contributed by atoms with Gasteiger partial charge in [-0.05, 0) is 5.56 Å².